The van der Waals surface area contributed by atoms with E-state index < -0.39 is 0 Å². The lowest BCUT2D eigenvalue weighted by atomic mass is 9.50. The third-order valence-electron chi connectivity index (χ3n) is 10.0. The zero-order chi connectivity index (χ0) is 19.9. The van der Waals surface area contributed by atoms with E-state index in [0.29, 0.717) is 5.41 Å². The minimum absolute atomic E-state index is 0.607. The Kier molecular flexibility index (Phi) is 6.10. The average Bonchev–Trinajstić information content (AvgIpc) is 3.04. The van der Waals surface area contributed by atoms with Crippen LogP contribution in [-0.4, -0.2) is 18.1 Å². The van der Waals surface area contributed by atoms with Gasteiger partial charge in [-0.3, -0.25) is 5.01 Å². The molecule has 4 aliphatic rings. The van der Waals surface area contributed by atoms with Crippen LogP contribution < -0.4 is 0 Å². The Labute approximate surface area is 173 Å². The lowest BCUT2D eigenvalue weighted by Crippen LogP contribution is -2.51. The van der Waals surface area contributed by atoms with Crippen LogP contribution in [0.3, 0.4) is 0 Å². The molecule has 1 saturated heterocycles. The highest BCUT2D eigenvalue weighted by atomic mass is 16.3. The van der Waals surface area contributed by atoms with Crippen LogP contribution in [-0.2, 0) is 0 Å². The molecular weight excluding hydrogens is 344 g/mol. The molecule has 4 rings (SSSR count). The van der Waals surface area contributed by atoms with Crippen LogP contribution in [0.15, 0.2) is 5.29 Å². The maximum Gasteiger partial charge on any atom is 0.0524 e. The van der Waals surface area contributed by atoms with Crippen LogP contribution in [0.5, 0.6) is 0 Å². The molecule has 0 N–H and O–H groups in total. The van der Waals surface area contributed by atoms with E-state index in [9.17, 15) is 4.91 Å². The molecule has 1 heterocycles. The lowest BCUT2D eigenvalue weighted by molar-refractivity contribution is -0.0783. The van der Waals surface area contributed by atoms with Crippen LogP contribution in [0, 0.1) is 57.7 Å². The fraction of sp³-hybridized carbons (Fsp3) is 1.00. The van der Waals surface area contributed by atoms with Crippen molar-refractivity contribution in [2.75, 3.05) is 13.1 Å². The standard InChI is InChI=1S/C25H44N2O/c1-17(2)6-5-7-18(3)23-10-11-24-22-9-8-19-16-27(26-28)15-13-20(19)21(22)12-14-25(23,24)4/h17-24H,5-16H2,1-4H3/t18-,19+,20+,21+,22+,23+,24+,25-/m1/s1. The second-order valence-electron chi connectivity index (χ2n) is 11.7. The van der Waals surface area contributed by atoms with Crippen molar-refractivity contribution >= 4 is 0 Å². The van der Waals surface area contributed by atoms with Crippen LogP contribution in [0.1, 0.15) is 91.9 Å². The zero-order valence-electron chi connectivity index (χ0n) is 18.9. The van der Waals surface area contributed by atoms with Gasteiger partial charge >= 0.3 is 0 Å². The quantitative estimate of drug-likeness (QED) is 0.463. The predicted octanol–water partition coefficient (Wildman–Crippen LogP) is 6.92. The van der Waals surface area contributed by atoms with E-state index in [1.807, 2.05) is 0 Å². The highest BCUT2D eigenvalue weighted by Crippen LogP contribution is 2.65. The molecule has 3 saturated carbocycles. The first-order valence-electron chi connectivity index (χ1n) is 12.5. The fourth-order valence-electron chi connectivity index (χ4n) is 8.67. The van der Waals surface area contributed by atoms with Crippen molar-refractivity contribution in [1.82, 2.24) is 5.01 Å². The van der Waals surface area contributed by atoms with Crippen molar-refractivity contribution in [3.05, 3.63) is 4.91 Å². The second kappa shape index (κ2) is 8.26. The van der Waals surface area contributed by atoms with E-state index in [1.54, 1.807) is 5.01 Å². The van der Waals surface area contributed by atoms with Gasteiger partial charge in [-0.1, -0.05) is 47.0 Å². The summed E-state index contributed by atoms with van der Waals surface area (Å²) in [6.07, 6.45) is 14.2. The molecule has 3 heteroatoms. The van der Waals surface area contributed by atoms with E-state index in [-0.39, 0.29) is 0 Å². The van der Waals surface area contributed by atoms with Gasteiger partial charge in [0.25, 0.3) is 0 Å². The number of rotatable bonds is 6. The molecular formula is C25H44N2O. The van der Waals surface area contributed by atoms with E-state index in [4.69, 9.17) is 0 Å². The molecule has 3 aliphatic carbocycles. The molecule has 0 unspecified atom stereocenters. The van der Waals surface area contributed by atoms with Crippen LogP contribution in [0.2, 0.25) is 0 Å². The highest BCUT2D eigenvalue weighted by molar-refractivity contribution is 5.06. The number of fused-ring (bicyclic) bond motifs is 5. The molecule has 4 fully saturated rings. The van der Waals surface area contributed by atoms with Crippen LogP contribution >= 0.6 is 0 Å². The summed E-state index contributed by atoms with van der Waals surface area (Å²) in [5.41, 5.74) is 0.607. The third-order valence-corrected chi connectivity index (χ3v) is 10.0. The average molecular weight is 389 g/mol. The molecule has 0 aromatic rings. The molecule has 0 spiro atoms. The Morgan fingerprint density at radius 1 is 0.964 bits per heavy atom. The molecule has 0 bridgehead atoms. The molecule has 8 atom stereocenters. The maximum absolute atomic E-state index is 11.0. The molecule has 1 aliphatic heterocycles. The Morgan fingerprint density at radius 3 is 2.54 bits per heavy atom. The minimum Gasteiger partial charge on any atom is -0.261 e. The monoisotopic (exact) mass is 388 g/mol. The normalized spacial score (nSPS) is 44.0. The summed E-state index contributed by atoms with van der Waals surface area (Å²) in [6, 6.07) is 0. The Hall–Kier alpha value is -0.600. The lowest BCUT2D eigenvalue weighted by Gasteiger charge is -2.56. The van der Waals surface area contributed by atoms with Crippen LogP contribution in [0.25, 0.3) is 0 Å². The zero-order valence-corrected chi connectivity index (χ0v) is 18.9. The smallest absolute Gasteiger partial charge is 0.0524 e. The van der Waals surface area contributed by atoms with Gasteiger partial charge in [-0.15, -0.1) is 4.91 Å². The summed E-state index contributed by atoms with van der Waals surface area (Å²) in [7, 11) is 0. The van der Waals surface area contributed by atoms with E-state index in [0.717, 1.165) is 60.4 Å². The predicted molar refractivity (Wildman–Crippen MR) is 117 cm³/mol. The fourth-order valence-corrected chi connectivity index (χ4v) is 8.67. The van der Waals surface area contributed by atoms with Crippen molar-refractivity contribution in [2.24, 2.45) is 58.0 Å². The van der Waals surface area contributed by atoms with Gasteiger partial charge in [0, 0.05) is 13.1 Å². The Morgan fingerprint density at radius 2 is 1.79 bits per heavy atom. The summed E-state index contributed by atoms with van der Waals surface area (Å²) in [4.78, 5) is 11.0. The second-order valence-corrected chi connectivity index (χ2v) is 11.7. The summed E-state index contributed by atoms with van der Waals surface area (Å²) in [6.45, 7) is 11.8. The first kappa shape index (κ1) is 20.7. The van der Waals surface area contributed by atoms with E-state index in [2.05, 4.69) is 33.0 Å². The molecule has 0 aromatic heterocycles. The Bertz CT molecular complexity index is 549. The van der Waals surface area contributed by atoms with Crippen molar-refractivity contribution in [3.63, 3.8) is 0 Å². The molecule has 0 amide bonds. The molecule has 0 aromatic carbocycles. The number of nitrogens with zero attached hydrogens (tertiary/aromatic N) is 2. The molecule has 28 heavy (non-hydrogen) atoms. The minimum atomic E-state index is 0.607. The largest absolute Gasteiger partial charge is 0.261 e. The van der Waals surface area contributed by atoms with E-state index >= 15 is 0 Å². The van der Waals surface area contributed by atoms with Gasteiger partial charge < -0.3 is 0 Å². The first-order valence-corrected chi connectivity index (χ1v) is 12.5. The summed E-state index contributed by atoms with van der Waals surface area (Å²) < 4.78 is 0. The van der Waals surface area contributed by atoms with Crippen LogP contribution in [0.4, 0.5) is 0 Å². The van der Waals surface area contributed by atoms with E-state index in [1.165, 1.54) is 64.2 Å². The molecule has 3 nitrogen and oxygen atoms in total. The van der Waals surface area contributed by atoms with Gasteiger partial charge in [0.2, 0.25) is 0 Å². The van der Waals surface area contributed by atoms with Gasteiger partial charge in [0.1, 0.15) is 0 Å². The SMILES string of the molecule is CC(C)CCC[C@@H](C)[C@@H]1CC[C@H]2[C@H]3CC[C@H]4CN(N=O)CC[C@@H]4[C@@H]3CC[C@@]21C. The summed E-state index contributed by atoms with van der Waals surface area (Å²) in [5.74, 6) is 7.24. The number of nitroso groups, excluding NO2 is 1. The summed E-state index contributed by atoms with van der Waals surface area (Å²) >= 11 is 0. The van der Waals surface area contributed by atoms with Gasteiger partial charge in [-0.2, -0.15) is 0 Å². The maximum atomic E-state index is 11.0. The van der Waals surface area contributed by atoms with Gasteiger partial charge in [-0.25, -0.2) is 0 Å². The topological polar surface area (TPSA) is 32.7 Å². The van der Waals surface area contributed by atoms with Crippen molar-refractivity contribution in [1.29, 1.82) is 0 Å². The number of piperidine rings is 1. The Balaban J connectivity index is 1.41. The first-order chi connectivity index (χ1) is 13.4. The van der Waals surface area contributed by atoms with Crippen molar-refractivity contribution in [2.45, 2.75) is 91.9 Å². The highest BCUT2D eigenvalue weighted by Gasteiger charge is 2.57. The molecule has 160 valence electrons. The number of hydrogen-bond acceptors (Lipinski definition) is 2. The third kappa shape index (κ3) is 3.65. The van der Waals surface area contributed by atoms with Gasteiger partial charge in [0.15, 0.2) is 0 Å². The molecule has 0 radical (unpaired) electrons. The summed E-state index contributed by atoms with van der Waals surface area (Å²) in [5, 5.41) is 5.06. The van der Waals surface area contributed by atoms with Gasteiger partial charge in [-0.05, 0) is 97.7 Å². The van der Waals surface area contributed by atoms with Gasteiger partial charge in [0.05, 0.1) is 5.29 Å². The van der Waals surface area contributed by atoms with Crippen molar-refractivity contribution < 1.29 is 0 Å². The number of hydrogen-bond donors (Lipinski definition) is 0. The van der Waals surface area contributed by atoms with Crippen molar-refractivity contribution in [3.8, 4) is 0 Å².